The van der Waals surface area contributed by atoms with Gasteiger partial charge in [-0.05, 0) is 30.6 Å². The molecular weight excluding hydrogens is 363 g/mol. The number of carbonyl (C=O) groups excluding carboxylic acids is 1. The maximum Gasteiger partial charge on any atom is 0.416 e. The van der Waals surface area contributed by atoms with Crippen molar-refractivity contribution in [1.82, 2.24) is 14.9 Å². The van der Waals surface area contributed by atoms with Crippen LogP contribution in [0.4, 0.5) is 24.5 Å². The monoisotopic (exact) mass is 375 g/mol. The van der Waals surface area contributed by atoms with Gasteiger partial charge in [0.2, 0.25) is 0 Å². The molecule has 0 unspecified atom stereocenters. The Morgan fingerprint density at radius 2 is 2.08 bits per heavy atom. The Morgan fingerprint density at radius 1 is 1.36 bits per heavy atom. The van der Waals surface area contributed by atoms with Gasteiger partial charge in [0.1, 0.15) is 10.6 Å². The van der Waals surface area contributed by atoms with Crippen molar-refractivity contribution in [2.24, 2.45) is 0 Å². The summed E-state index contributed by atoms with van der Waals surface area (Å²) in [5.74, 6) is -0.392. The van der Waals surface area contributed by atoms with Crippen molar-refractivity contribution in [3.8, 4) is 0 Å². The number of anilines is 1. The quantitative estimate of drug-likeness (QED) is 0.456. The van der Waals surface area contributed by atoms with Crippen LogP contribution in [0.5, 0.6) is 0 Å². The van der Waals surface area contributed by atoms with Gasteiger partial charge in [0.25, 0.3) is 11.6 Å². The van der Waals surface area contributed by atoms with Crippen LogP contribution in [0.2, 0.25) is 0 Å². The van der Waals surface area contributed by atoms with Crippen molar-refractivity contribution >= 4 is 28.8 Å². The number of carbonyl (C=O) groups is 1. The number of nitrogens with one attached hydrogen (secondary N) is 2. The zero-order valence-electron chi connectivity index (χ0n) is 12.8. The number of amides is 1. The van der Waals surface area contributed by atoms with Crippen molar-refractivity contribution in [3.05, 3.63) is 44.4 Å². The fourth-order valence-electron chi connectivity index (χ4n) is 1.90. The smallest absolute Gasteiger partial charge is 0.378 e. The highest BCUT2D eigenvalue weighted by atomic mass is 32.1. The van der Waals surface area contributed by atoms with E-state index in [0.29, 0.717) is 16.6 Å². The van der Waals surface area contributed by atoms with Crippen molar-refractivity contribution in [3.63, 3.8) is 0 Å². The average molecular weight is 375 g/mol. The summed E-state index contributed by atoms with van der Waals surface area (Å²) in [6.45, 7) is 1.82. The molecule has 0 fully saturated rings. The predicted molar refractivity (Wildman–Crippen MR) is 83.6 cm³/mol. The van der Waals surface area contributed by atoms with E-state index in [9.17, 15) is 28.1 Å². The van der Waals surface area contributed by atoms with Crippen molar-refractivity contribution in [2.45, 2.75) is 13.1 Å². The molecule has 12 heteroatoms. The second kappa shape index (κ2) is 7.42. The minimum Gasteiger partial charge on any atom is -0.378 e. The molecule has 1 aromatic heterocycles. The zero-order chi connectivity index (χ0) is 18.6. The minimum absolute atomic E-state index is 0.0668. The molecule has 0 aliphatic heterocycles. The van der Waals surface area contributed by atoms with E-state index in [4.69, 9.17) is 0 Å². The van der Waals surface area contributed by atoms with E-state index in [1.165, 1.54) is 0 Å². The molecule has 0 aliphatic rings. The summed E-state index contributed by atoms with van der Waals surface area (Å²) in [5.41, 5.74) is -1.38. The fraction of sp³-hybridized carbons (Fsp3) is 0.308. The topological polar surface area (TPSA) is 110 Å². The maximum atomic E-state index is 12.6. The van der Waals surface area contributed by atoms with Gasteiger partial charge in [-0.2, -0.15) is 13.2 Å². The van der Waals surface area contributed by atoms with Crippen molar-refractivity contribution < 1.29 is 22.9 Å². The summed E-state index contributed by atoms with van der Waals surface area (Å²) in [6.07, 6.45) is -4.67. The highest BCUT2D eigenvalue weighted by molar-refractivity contribution is 7.07. The lowest BCUT2D eigenvalue weighted by atomic mass is 10.1. The second-order valence-corrected chi connectivity index (χ2v) is 5.61. The molecule has 134 valence electrons. The minimum atomic E-state index is -4.67. The van der Waals surface area contributed by atoms with Crippen molar-refractivity contribution in [2.75, 3.05) is 18.4 Å². The van der Waals surface area contributed by atoms with Gasteiger partial charge in [-0.15, -0.1) is 5.10 Å². The van der Waals surface area contributed by atoms with Crippen LogP contribution in [0.25, 0.3) is 0 Å². The van der Waals surface area contributed by atoms with Gasteiger partial charge in [0, 0.05) is 19.2 Å². The first-order valence-electron chi connectivity index (χ1n) is 6.87. The van der Waals surface area contributed by atoms with E-state index in [0.717, 1.165) is 23.7 Å². The number of hydrogen-bond donors (Lipinski definition) is 2. The molecule has 0 spiro atoms. The Labute approximate surface area is 143 Å². The number of benzene rings is 1. The maximum absolute atomic E-state index is 12.6. The lowest BCUT2D eigenvalue weighted by molar-refractivity contribution is -0.384. The van der Waals surface area contributed by atoms with Crippen LogP contribution in [0.3, 0.4) is 0 Å². The number of aromatic nitrogens is 2. The number of rotatable bonds is 6. The van der Waals surface area contributed by atoms with E-state index in [1.807, 2.05) is 0 Å². The molecule has 2 N–H and O–H groups in total. The Morgan fingerprint density at radius 3 is 2.64 bits per heavy atom. The Balaban J connectivity index is 1.97. The fourth-order valence-corrected chi connectivity index (χ4v) is 2.47. The predicted octanol–water partition coefficient (Wildman–Crippen LogP) is 2.62. The largest absolute Gasteiger partial charge is 0.416 e. The number of nitrogens with zero attached hydrogens (tertiary/aromatic N) is 3. The Kier molecular flexibility index (Phi) is 5.51. The van der Waals surface area contributed by atoms with Gasteiger partial charge in [-0.3, -0.25) is 14.9 Å². The van der Waals surface area contributed by atoms with Gasteiger partial charge in [-0.1, -0.05) is 4.49 Å². The van der Waals surface area contributed by atoms with Gasteiger partial charge < -0.3 is 10.6 Å². The third-order valence-corrected chi connectivity index (χ3v) is 3.93. The van der Waals surface area contributed by atoms with Crippen LogP contribution in [-0.2, 0) is 6.18 Å². The number of aryl methyl sites for hydroxylation is 1. The normalized spacial score (nSPS) is 11.2. The number of nitro benzene ring substituents is 1. The van der Waals surface area contributed by atoms with E-state index in [2.05, 4.69) is 20.2 Å². The number of nitro groups is 1. The van der Waals surface area contributed by atoms with Crippen LogP contribution >= 0.6 is 11.5 Å². The van der Waals surface area contributed by atoms with Crippen LogP contribution in [-0.4, -0.2) is 33.5 Å². The molecular formula is C13H12F3N5O3S. The first-order chi connectivity index (χ1) is 11.7. The highest BCUT2D eigenvalue weighted by Crippen LogP contribution is 2.34. The molecule has 2 rings (SSSR count). The van der Waals surface area contributed by atoms with Gasteiger partial charge >= 0.3 is 6.18 Å². The zero-order valence-corrected chi connectivity index (χ0v) is 13.6. The lowest BCUT2D eigenvalue weighted by Crippen LogP contribution is -2.28. The van der Waals surface area contributed by atoms with Gasteiger partial charge in [0.05, 0.1) is 16.2 Å². The summed E-state index contributed by atoms with van der Waals surface area (Å²) in [7, 11) is 0. The molecule has 1 heterocycles. The van der Waals surface area contributed by atoms with Crippen molar-refractivity contribution in [1.29, 1.82) is 0 Å². The summed E-state index contributed by atoms with van der Waals surface area (Å²) < 4.78 is 41.5. The SMILES string of the molecule is Cc1nnsc1C(=O)NCCNc1ccc(C(F)(F)F)cc1[N+](=O)[O-]. The number of alkyl halides is 3. The summed E-state index contributed by atoms with van der Waals surface area (Å²) >= 11 is 0.933. The van der Waals surface area contributed by atoms with E-state index < -0.39 is 28.3 Å². The van der Waals surface area contributed by atoms with Gasteiger partial charge in [-0.25, -0.2) is 0 Å². The molecule has 1 aromatic carbocycles. The number of hydrogen-bond acceptors (Lipinski definition) is 7. The highest BCUT2D eigenvalue weighted by Gasteiger charge is 2.33. The van der Waals surface area contributed by atoms with E-state index >= 15 is 0 Å². The molecule has 0 bridgehead atoms. The third kappa shape index (κ3) is 4.62. The summed E-state index contributed by atoms with van der Waals surface area (Å²) in [5, 5.41) is 19.8. The first-order valence-corrected chi connectivity index (χ1v) is 7.64. The van der Waals surface area contributed by atoms with E-state index in [-0.39, 0.29) is 18.8 Å². The Hall–Kier alpha value is -2.76. The molecule has 0 atom stereocenters. The molecule has 0 saturated carbocycles. The molecule has 0 radical (unpaired) electrons. The molecule has 0 saturated heterocycles. The van der Waals surface area contributed by atoms with Crippen LogP contribution < -0.4 is 10.6 Å². The standard InChI is InChI=1S/C13H12F3N5O3S/c1-7-11(25-20-19-7)12(22)18-5-4-17-9-3-2-8(13(14,15)16)6-10(9)21(23)24/h2-3,6,17H,4-5H2,1H3,(H,18,22). The molecule has 25 heavy (non-hydrogen) atoms. The number of halogens is 3. The van der Waals surface area contributed by atoms with Gasteiger partial charge in [0.15, 0.2) is 0 Å². The molecule has 1 amide bonds. The Bertz CT molecular complexity index is 793. The van der Waals surface area contributed by atoms with Crippen LogP contribution in [0, 0.1) is 17.0 Å². The molecule has 2 aromatic rings. The molecule has 8 nitrogen and oxygen atoms in total. The van der Waals surface area contributed by atoms with E-state index in [1.54, 1.807) is 6.92 Å². The second-order valence-electron chi connectivity index (χ2n) is 4.86. The first kappa shape index (κ1) is 18.6. The molecule has 0 aliphatic carbocycles. The summed E-state index contributed by atoms with van der Waals surface area (Å²) in [4.78, 5) is 22.2. The van der Waals surface area contributed by atoms with Crippen LogP contribution in [0.1, 0.15) is 20.9 Å². The van der Waals surface area contributed by atoms with Crippen LogP contribution in [0.15, 0.2) is 18.2 Å². The summed E-state index contributed by atoms with van der Waals surface area (Å²) in [6, 6.07) is 2.20. The average Bonchev–Trinajstić information content (AvgIpc) is 2.96. The third-order valence-electron chi connectivity index (χ3n) is 3.11. The lowest BCUT2D eigenvalue weighted by Gasteiger charge is -2.11.